The van der Waals surface area contributed by atoms with Crippen LogP contribution in [-0.2, 0) is 11.2 Å². The molecule has 0 unspecified atom stereocenters. The molecule has 3 rings (SSSR count). The molecule has 0 atom stereocenters. The van der Waals surface area contributed by atoms with Crippen molar-refractivity contribution in [1.29, 1.82) is 0 Å². The number of rotatable bonds is 4. The van der Waals surface area contributed by atoms with Gasteiger partial charge < -0.3 is 5.11 Å². The first kappa shape index (κ1) is 18.0. The summed E-state index contributed by atoms with van der Waals surface area (Å²) in [6.07, 6.45) is 2.43. The number of aliphatic carboxylic acids is 1. The van der Waals surface area contributed by atoms with Crippen LogP contribution in [0.4, 0.5) is 4.39 Å². The van der Waals surface area contributed by atoms with Gasteiger partial charge in [-0.05, 0) is 36.4 Å². The van der Waals surface area contributed by atoms with Gasteiger partial charge in [-0.3, -0.25) is 9.36 Å². The quantitative estimate of drug-likeness (QED) is 0.653. The molecule has 0 saturated heterocycles. The summed E-state index contributed by atoms with van der Waals surface area (Å²) in [6.45, 7) is 1.86. The zero-order valence-electron chi connectivity index (χ0n) is 13.7. The third-order valence-electron chi connectivity index (χ3n) is 3.86. The number of carboxylic acids is 1. The predicted octanol–water partition coefficient (Wildman–Crippen LogP) is 3.95. The lowest BCUT2D eigenvalue weighted by Gasteiger charge is -2.13. The largest absolute Gasteiger partial charge is 0.478 e. The van der Waals surface area contributed by atoms with E-state index in [9.17, 15) is 14.0 Å². The lowest BCUT2D eigenvalue weighted by atomic mass is 10.1. The molecule has 3 aromatic rings. The van der Waals surface area contributed by atoms with Gasteiger partial charge in [0.15, 0.2) is 0 Å². The van der Waals surface area contributed by atoms with Crippen molar-refractivity contribution in [2.45, 2.75) is 13.3 Å². The van der Waals surface area contributed by atoms with Crippen molar-refractivity contribution >= 4 is 38.9 Å². The summed E-state index contributed by atoms with van der Waals surface area (Å²) >= 11 is 3.36. The van der Waals surface area contributed by atoms with Crippen LogP contribution in [0.5, 0.6) is 0 Å². The van der Waals surface area contributed by atoms with E-state index in [0.29, 0.717) is 17.9 Å². The maximum Gasteiger partial charge on any atom is 0.328 e. The number of hydrogen-bond acceptors (Lipinski definition) is 3. The maximum atomic E-state index is 14.2. The number of hydrogen-bond donors (Lipinski definition) is 1. The topological polar surface area (TPSA) is 72.2 Å². The Morgan fingerprint density at radius 3 is 2.62 bits per heavy atom. The van der Waals surface area contributed by atoms with E-state index in [4.69, 9.17) is 5.11 Å². The molecular weight excluding hydrogens is 403 g/mol. The lowest BCUT2D eigenvalue weighted by Crippen LogP contribution is -2.23. The monoisotopic (exact) mass is 416 g/mol. The highest BCUT2D eigenvalue weighted by atomic mass is 79.9. The van der Waals surface area contributed by atoms with E-state index < -0.39 is 11.8 Å². The molecule has 26 heavy (non-hydrogen) atoms. The van der Waals surface area contributed by atoms with Crippen LogP contribution >= 0.6 is 15.9 Å². The fourth-order valence-electron chi connectivity index (χ4n) is 2.65. The average Bonchev–Trinajstić information content (AvgIpc) is 2.61. The lowest BCUT2D eigenvalue weighted by molar-refractivity contribution is -0.131. The van der Waals surface area contributed by atoms with E-state index in [1.54, 1.807) is 12.1 Å². The number of fused-ring (bicyclic) bond motifs is 1. The van der Waals surface area contributed by atoms with E-state index in [1.165, 1.54) is 10.6 Å². The SMILES string of the molecule is CCc1nc2cc(F)c(C=CC(=O)O)cc2c(=O)n1-c1ccc(Br)cc1. The van der Waals surface area contributed by atoms with Crippen molar-refractivity contribution < 1.29 is 14.3 Å². The van der Waals surface area contributed by atoms with E-state index >= 15 is 0 Å². The molecule has 5 nitrogen and oxygen atoms in total. The van der Waals surface area contributed by atoms with Crippen molar-refractivity contribution in [3.8, 4) is 5.69 Å². The molecule has 0 amide bonds. The number of halogens is 2. The first-order valence-corrected chi connectivity index (χ1v) is 8.62. The average molecular weight is 417 g/mol. The molecule has 1 aromatic heterocycles. The second-order valence-corrected chi connectivity index (χ2v) is 6.48. The molecule has 1 N–H and O–H groups in total. The minimum absolute atomic E-state index is 0.0189. The van der Waals surface area contributed by atoms with Gasteiger partial charge in [0.05, 0.1) is 16.6 Å². The molecule has 1 heterocycles. The highest BCUT2D eigenvalue weighted by Crippen LogP contribution is 2.20. The van der Waals surface area contributed by atoms with Crippen LogP contribution in [0.1, 0.15) is 18.3 Å². The van der Waals surface area contributed by atoms with Crippen LogP contribution in [0.3, 0.4) is 0 Å². The molecule has 0 aliphatic heterocycles. The fourth-order valence-corrected chi connectivity index (χ4v) is 2.92. The van der Waals surface area contributed by atoms with Crippen molar-refractivity contribution in [3.63, 3.8) is 0 Å². The molecule has 132 valence electrons. The number of carboxylic acid groups (broad SMARTS) is 1. The maximum absolute atomic E-state index is 14.2. The Hall–Kier alpha value is -2.80. The van der Waals surface area contributed by atoms with E-state index in [-0.39, 0.29) is 22.0 Å². The standard InChI is InChI=1S/C19H14BrFN2O3/c1-2-17-22-16-10-15(21)11(3-8-18(24)25)9-14(16)19(26)23(17)13-6-4-12(20)5-7-13/h3-10H,2H2,1H3,(H,24,25). The minimum Gasteiger partial charge on any atom is -0.478 e. The summed E-state index contributed by atoms with van der Waals surface area (Å²) in [5.74, 6) is -1.32. The second-order valence-electron chi connectivity index (χ2n) is 5.56. The third kappa shape index (κ3) is 3.43. The minimum atomic E-state index is -1.20. The van der Waals surface area contributed by atoms with Gasteiger partial charge in [0.2, 0.25) is 0 Å². The van der Waals surface area contributed by atoms with Crippen LogP contribution in [0.2, 0.25) is 0 Å². The van der Waals surface area contributed by atoms with E-state index in [0.717, 1.165) is 22.7 Å². The van der Waals surface area contributed by atoms with Crippen LogP contribution in [0.15, 0.2) is 51.7 Å². The van der Waals surface area contributed by atoms with Crippen molar-refractivity contribution in [1.82, 2.24) is 9.55 Å². The van der Waals surface area contributed by atoms with Gasteiger partial charge in [0.1, 0.15) is 11.6 Å². The molecular formula is C19H14BrFN2O3. The van der Waals surface area contributed by atoms with Gasteiger partial charge in [-0.25, -0.2) is 14.2 Å². The van der Waals surface area contributed by atoms with Gasteiger partial charge in [-0.2, -0.15) is 0 Å². The number of carbonyl (C=O) groups is 1. The molecule has 0 aliphatic rings. The Bertz CT molecular complexity index is 1090. The Morgan fingerprint density at radius 1 is 1.31 bits per heavy atom. The highest BCUT2D eigenvalue weighted by molar-refractivity contribution is 9.10. The van der Waals surface area contributed by atoms with Crippen molar-refractivity contribution in [3.05, 3.63) is 74.5 Å². The predicted molar refractivity (Wildman–Crippen MR) is 101 cm³/mol. The Morgan fingerprint density at radius 2 is 2.00 bits per heavy atom. The molecule has 0 aliphatic carbocycles. The van der Waals surface area contributed by atoms with Crippen LogP contribution in [0, 0.1) is 5.82 Å². The molecule has 2 aromatic carbocycles. The van der Waals surface area contributed by atoms with Crippen LogP contribution in [0.25, 0.3) is 22.7 Å². The molecule has 0 saturated carbocycles. The number of benzene rings is 2. The molecule has 7 heteroatoms. The zero-order valence-corrected chi connectivity index (χ0v) is 15.3. The molecule has 0 radical (unpaired) electrons. The van der Waals surface area contributed by atoms with E-state index in [1.807, 2.05) is 19.1 Å². The summed E-state index contributed by atoms with van der Waals surface area (Å²) in [4.78, 5) is 28.1. The Kier molecular flexibility index (Phi) is 4.99. The summed E-state index contributed by atoms with van der Waals surface area (Å²) < 4.78 is 16.6. The Balaban J connectivity index is 2.30. The normalized spacial score (nSPS) is 11.3. The van der Waals surface area contributed by atoms with Crippen molar-refractivity contribution in [2.75, 3.05) is 0 Å². The first-order valence-electron chi connectivity index (χ1n) is 7.83. The fraction of sp³-hybridized carbons (Fsp3) is 0.105. The first-order chi connectivity index (χ1) is 12.4. The molecule has 0 spiro atoms. The highest BCUT2D eigenvalue weighted by Gasteiger charge is 2.14. The van der Waals surface area contributed by atoms with Crippen molar-refractivity contribution in [2.24, 2.45) is 0 Å². The second kappa shape index (κ2) is 7.21. The summed E-state index contributed by atoms with van der Waals surface area (Å²) in [5, 5.41) is 8.94. The third-order valence-corrected chi connectivity index (χ3v) is 4.39. The van der Waals surface area contributed by atoms with Crippen LogP contribution < -0.4 is 5.56 Å². The molecule has 0 bridgehead atoms. The smallest absolute Gasteiger partial charge is 0.328 e. The van der Waals surface area contributed by atoms with Gasteiger partial charge in [-0.15, -0.1) is 0 Å². The van der Waals surface area contributed by atoms with Gasteiger partial charge in [-0.1, -0.05) is 22.9 Å². The van der Waals surface area contributed by atoms with Crippen LogP contribution in [-0.4, -0.2) is 20.6 Å². The summed E-state index contributed by atoms with van der Waals surface area (Å²) in [7, 11) is 0. The summed E-state index contributed by atoms with van der Waals surface area (Å²) in [5.41, 5.74) is 0.575. The van der Waals surface area contributed by atoms with Gasteiger partial charge >= 0.3 is 5.97 Å². The van der Waals surface area contributed by atoms with Gasteiger partial charge in [0, 0.05) is 28.6 Å². The summed E-state index contributed by atoms with van der Waals surface area (Å²) in [6, 6.07) is 9.69. The van der Waals surface area contributed by atoms with Gasteiger partial charge in [0.25, 0.3) is 5.56 Å². The number of aromatic nitrogens is 2. The number of nitrogens with zero attached hydrogens (tertiary/aromatic N) is 2. The van der Waals surface area contributed by atoms with E-state index in [2.05, 4.69) is 20.9 Å². The zero-order chi connectivity index (χ0) is 18.8. The Labute approximate surface area is 156 Å². The number of aryl methyl sites for hydroxylation is 1. The molecule has 0 fully saturated rings.